The van der Waals surface area contributed by atoms with Crippen LogP contribution in [0.25, 0.3) is 0 Å². The summed E-state index contributed by atoms with van der Waals surface area (Å²) in [6.45, 7) is 4.16. The predicted molar refractivity (Wildman–Crippen MR) is 94.4 cm³/mol. The summed E-state index contributed by atoms with van der Waals surface area (Å²) in [4.78, 5) is 18.4. The highest BCUT2D eigenvalue weighted by Gasteiger charge is 2.49. The Hall–Kier alpha value is -1.44. The number of nitrogens with one attached hydrogen (secondary N) is 1. The molecule has 1 aromatic rings. The van der Waals surface area contributed by atoms with Crippen molar-refractivity contribution >= 4 is 15.7 Å². The van der Waals surface area contributed by atoms with Gasteiger partial charge in [0.25, 0.3) is 5.91 Å². The number of amides is 1. The number of hydroxylamine groups is 1. The van der Waals surface area contributed by atoms with Crippen molar-refractivity contribution in [3.8, 4) is 0 Å². The molecule has 0 aromatic heterocycles. The van der Waals surface area contributed by atoms with Crippen molar-refractivity contribution in [3.63, 3.8) is 0 Å². The fraction of sp³-hybridized carbons (Fsp3) is 0.611. The molecule has 1 N–H and O–H groups in total. The Kier molecular flexibility index (Phi) is 6.98. The minimum absolute atomic E-state index is 0.148. The van der Waals surface area contributed by atoms with Crippen molar-refractivity contribution in [2.24, 2.45) is 0 Å². The SMILES string of the molecule is CCCC(CC)(C(=O)NOC1CCCCO1)S(=O)(=O)c1ccccc1. The van der Waals surface area contributed by atoms with E-state index in [9.17, 15) is 13.2 Å². The van der Waals surface area contributed by atoms with E-state index in [1.807, 2.05) is 6.92 Å². The molecule has 0 spiro atoms. The molecule has 2 rings (SSSR count). The Morgan fingerprint density at radius 3 is 2.56 bits per heavy atom. The largest absolute Gasteiger partial charge is 0.350 e. The number of hydrogen-bond acceptors (Lipinski definition) is 5. The zero-order valence-corrected chi connectivity index (χ0v) is 15.7. The van der Waals surface area contributed by atoms with Gasteiger partial charge < -0.3 is 4.74 Å². The second-order valence-electron chi connectivity index (χ2n) is 6.26. The lowest BCUT2D eigenvalue weighted by Crippen LogP contribution is -2.53. The molecule has 1 saturated heterocycles. The molecule has 1 fully saturated rings. The molecule has 1 aromatic carbocycles. The first-order valence-electron chi connectivity index (χ1n) is 8.85. The maximum Gasteiger partial charge on any atom is 0.265 e. The van der Waals surface area contributed by atoms with Crippen LogP contribution in [0.2, 0.25) is 0 Å². The zero-order chi connectivity index (χ0) is 18.3. The number of sulfone groups is 1. The molecule has 6 nitrogen and oxygen atoms in total. The van der Waals surface area contributed by atoms with Gasteiger partial charge >= 0.3 is 0 Å². The van der Waals surface area contributed by atoms with Crippen molar-refractivity contribution in [1.29, 1.82) is 0 Å². The lowest BCUT2D eigenvalue weighted by atomic mass is 9.99. The van der Waals surface area contributed by atoms with Gasteiger partial charge in [-0.2, -0.15) is 0 Å². The van der Waals surface area contributed by atoms with Gasteiger partial charge in [0.05, 0.1) is 4.90 Å². The number of benzene rings is 1. The molecule has 1 amide bonds. The summed E-state index contributed by atoms with van der Waals surface area (Å²) in [5, 5.41) is 0. The van der Waals surface area contributed by atoms with Gasteiger partial charge in [-0.25, -0.2) is 18.7 Å². The van der Waals surface area contributed by atoms with E-state index in [4.69, 9.17) is 9.57 Å². The lowest BCUT2D eigenvalue weighted by molar-refractivity contribution is -0.201. The van der Waals surface area contributed by atoms with Crippen molar-refractivity contribution < 1.29 is 22.8 Å². The molecule has 1 aliphatic heterocycles. The first-order chi connectivity index (χ1) is 12.0. The van der Waals surface area contributed by atoms with E-state index < -0.39 is 26.8 Å². The molecule has 1 aliphatic rings. The van der Waals surface area contributed by atoms with Crippen LogP contribution in [0.5, 0.6) is 0 Å². The molecule has 7 heteroatoms. The molecule has 1 heterocycles. The third kappa shape index (κ3) is 4.22. The van der Waals surface area contributed by atoms with Crippen LogP contribution in [-0.2, 0) is 24.2 Å². The second-order valence-corrected chi connectivity index (χ2v) is 8.52. The summed E-state index contributed by atoms with van der Waals surface area (Å²) >= 11 is 0. The summed E-state index contributed by atoms with van der Waals surface area (Å²) in [6, 6.07) is 8.10. The standard InChI is InChI=1S/C18H27NO5S/c1-3-13-18(4-2,25(21,22)15-10-6-5-7-11-15)17(20)19-24-16-12-8-9-14-23-16/h5-7,10-11,16H,3-4,8-9,12-14H2,1-2H3,(H,19,20). The van der Waals surface area contributed by atoms with Gasteiger partial charge in [0.1, 0.15) is 0 Å². The molecular formula is C18H27NO5S. The van der Waals surface area contributed by atoms with Crippen LogP contribution in [0.15, 0.2) is 35.2 Å². The fourth-order valence-corrected chi connectivity index (χ4v) is 5.25. The molecule has 0 saturated carbocycles. The second kappa shape index (κ2) is 8.78. The highest BCUT2D eigenvalue weighted by molar-refractivity contribution is 7.93. The predicted octanol–water partition coefficient (Wildman–Crippen LogP) is 2.98. The first-order valence-corrected chi connectivity index (χ1v) is 10.3. The van der Waals surface area contributed by atoms with E-state index in [0.717, 1.165) is 12.8 Å². The Bertz CT molecular complexity index is 655. The first kappa shape index (κ1) is 19.9. The molecule has 140 valence electrons. The number of carbonyl (C=O) groups excluding carboxylic acids is 1. The van der Waals surface area contributed by atoms with Gasteiger partial charge in [0.15, 0.2) is 20.9 Å². The molecule has 25 heavy (non-hydrogen) atoms. The third-order valence-corrected chi connectivity index (χ3v) is 7.23. The summed E-state index contributed by atoms with van der Waals surface area (Å²) < 4.78 is 30.3. The van der Waals surface area contributed by atoms with Crippen molar-refractivity contribution in [2.75, 3.05) is 6.61 Å². The van der Waals surface area contributed by atoms with Crippen molar-refractivity contribution in [2.45, 2.75) is 68.3 Å². The monoisotopic (exact) mass is 369 g/mol. The van der Waals surface area contributed by atoms with Gasteiger partial charge in [-0.1, -0.05) is 38.5 Å². The number of hydrogen-bond donors (Lipinski definition) is 1. The van der Waals surface area contributed by atoms with Crippen LogP contribution in [-0.4, -0.2) is 32.0 Å². The van der Waals surface area contributed by atoms with Crippen LogP contribution in [0, 0.1) is 0 Å². The van der Waals surface area contributed by atoms with E-state index in [1.54, 1.807) is 25.1 Å². The molecule has 2 atom stereocenters. The van der Waals surface area contributed by atoms with Crippen LogP contribution >= 0.6 is 0 Å². The van der Waals surface area contributed by atoms with E-state index in [-0.39, 0.29) is 17.7 Å². The fourth-order valence-electron chi connectivity index (χ4n) is 3.14. The Morgan fingerprint density at radius 1 is 1.28 bits per heavy atom. The highest BCUT2D eigenvalue weighted by atomic mass is 32.2. The van der Waals surface area contributed by atoms with Gasteiger partial charge in [0, 0.05) is 13.0 Å². The van der Waals surface area contributed by atoms with Gasteiger partial charge in [0.2, 0.25) is 0 Å². The maximum absolute atomic E-state index is 13.2. The van der Waals surface area contributed by atoms with Crippen molar-refractivity contribution in [1.82, 2.24) is 5.48 Å². The lowest BCUT2D eigenvalue weighted by Gasteiger charge is -2.31. The molecule has 0 radical (unpaired) electrons. The third-order valence-electron chi connectivity index (χ3n) is 4.63. The Morgan fingerprint density at radius 2 is 2.00 bits per heavy atom. The van der Waals surface area contributed by atoms with E-state index >= 15 is 0 Å². The quantitative estimate of drug-likeness (QED) is 0.713. The molecule has 2 unspecified atom stereocenters. The molecule has 0 aliphatic carbocycles. The Labute approximate surface area is 149 Å². The topological polar surface area (TPSA) is 81.7 Å². The van der Waals surface area contributed by atoms with E-state index in [1.165, 1.54) is 12.1 Å². The molecule has 0 bridgehead atoms. The summed E-state index contributed by atoms with van der Waals surface area (Å²) in [6.07, 6.45) is 3.03. The van der Waals surface area contributed by atoms with Crippen LogP contribution in [0.3, 0.4) is 0 Å². The van der Waals surface area contributed by atoms with Crippen LogP contribution < -0.4 is 5.48 Å². The average molecular weight is 369 g/mol. The Balaban J connectivity index is 2.25. The van der Waals surface area contributed by atoms with Crippen molar-refractivity contribution in [3.05, 3.63) is 30.3 Å². The summed E-state index contributed by atoms with van der Waals surface area (Å²) in [7, 11) is -3.86. The van der Waals surface area contributed by atoms with Gasteiger partial charge in [-0.05, 0) is 37.8 Å². The minimum Gasteiger partial charge on any atom is -0.350 e. The minimum atomic E-state index is -3.86. The summed E-state index contributed by atoms with van der Waals surface area (Å²) in [5.41, 5.74) is 2.36. The number of ether oxygens (including phenoxy) is 1. The normalized spacial score (nSPS) is 20.6. The smallest absolute Gasteiger partial charge is 0.265 e. The van der Waals surface area contributed by atoms with Crippen LogP contribution in [0.4, 0.5) is 0 Å². The summed E-state index contributed by atoms with van der Waals surface area (Å²) in [5.74, 6) is -0.630. The molecular weight excluding hydrogens is 342 g/mol. The average Bonchev–Trinajstić information content (AvgIpc) is 2.65. The highest BCUT2D eigenvalue weighted by Crippen LogP contribution is 2.34. The van der Waals surface area contributed by atoms with Gasteiger partial charge in [-0.3, -0.25) is 4.79 Å². The van der Waals surface area contributed by atoms with E-state index in [0.29, 0.717) is 19.4 Å². The van der Waals surface area contributed by atoms with Crippen LogP contribution in [0.1, 0.15) is 52.4 Å². The van der Waals surface area contributed by atoms with E-state index in [2.05, 4.69) is 5.48 Å². The number of carbonyl (C=O) groups is 1. The number of rotatable bonds is 8. The zero-order valence-electron chi connectivity index (χ0n) is 14.9. The maximum atomic E-state index is 13.2. The van der Waals surface area contributed by atoms with Gasteiger partial charge in [-0.15, -0.1) is 0 Å².